The first kappa shape index (κ1) is 18.5. The summed E-state index contributed by atoms with van der Waals surface area (Å²) < 4.78 is 66.4. The molecule has 0 aliphatic carbocycles. The molecule has 3 rings (SSSR count). The van der Waals surface area contributed by atoms with Gasteiger partial charge in [-0.1, -0.05) is 0 Å². The van der Waals surface area contributed by atoms with E-state index in [-0.39, 0.29) is 25.5 Å². The topological polar surface area (TPSA) is 20.2 Å². The molecule has 2 aliphatic heterocycles. The lowest BCUT2D eigenvalue weighted by Crippen LogP contribution is -2.58. The number of alkyl halides is 5. The fourth-order valence-electron chi connectivity index (χ4n) is 3.80. The summed E-state index contributed by atoms with van der Waals surface area (Å²) in [6, 6.07) is 2.54. The van der Waals surface area contributed by atoms with Crippen LogP contribution in [0, 0.1) is 0 Å². The molecular formula is C14H19ClF5N3. The quantitative estimate of drug-likeness (QED) is 0.819. The molecule has 2 aliphatic rings. The Kier molecular flexibility index (Phi) is 5.27. The number of rotatable bonds is 2. The lowest BCUT2D eigenvalue weighted by Gasteiger charge is -2.50. The summed E-state index contributed by atoms with van der Waals surface area (Å²) in [5.74, 6) is 0. The second kappa shape index (κ2) is 6.57. The number of aromatic nitrogens is 1. The Labute approximate surface area is 137 Å². The molecule has 132 valence electrons. The summed E-state index contributed by atoms with van der Waals surface area (Å²) in [6.07, 6.45) is -5.82. The van der Waals surface area contributed by atoms with E-state index in [1.807, 2.05) is 0 Å². The van der Waals surface area contributed by atoms with E-state index in [0.717, 1.165) is 6.07 Å². The van der Waals surface area contributed by atoms with Crippen LogP contribution in [0.2, 0.25) is 0 Å². The summed E-state index contributed by atoms with van der Waals surface area (Å²) >= 11 is 0. The van der Waals surface area contributed by atoms with Gasteiger partial charge in [0, 0.05) is 18.8 Å². The van der Waals surface area contributed by atoms with Crippen molar-refractivity contribution in [3.05, 3.63) is 23.5 Å². The van der Waals surface area contributed by atoms with Crippen LogP contribution in [0.25, 0.3) is 0 Å². The average molecular weight is 360 g/mol. The van der Waals surface area contributed by atoms with E-state index in [4.69, 9.17) is 0 Å². The van der Waals surface area contributed by atoms with Crippen LogP contribution < -0.4 is 5.32 Å². The van der Waals surface area contributed by atoms with Gasteiger partial charge in [0.1, 0.15) is 5.69 Å². The molecule has 0 aromatic carbocycles. The van der Waals surface area contributed by atoms with Crippen LogP contribution >= 0.6 is 12.4 Å². The van der Waals surface area contributed by atoms with Gasteiger partial charge in [0.05, 0.1) is 12.1 Å². The van der Waals surface area contributed by atoms with Gasteiger partial charge in [0.15, 0.2) is 0 Å². The average Bonchev–Trinajstić information content (AvgIpc) is 2.88. The molecule has 3 nitrogen and oxygen atoms in total. The molecule has 1 N–H and O–H groups in total. The van der Waals surface area contributed by atoms with E-state index in [1.165, 1.54) is 10.6 Å². The van der Waals surface area contributed by atoms with Gasteiger partial charge in [-0.15, -0.1) is 12.4 Å². The number of nitrogens with zero attached hydrogens (tertiary/aromatic N) is 2. The summed E-state index contributed by atoms with van der Waals surface area (Å²) in [4.78, 5) is 1.67. The summed E-state index contributed by atoms with van der Waals surface area (Å²) in [6.45, 7) is 1.15. The van der Waals surface area contributed by atoms with Crippen LogP contribution in [0.1, 0.15) is 24.2 Å². The number of hydrogen-bond donors (Lipinski definition) is 1. The van der Waals surface area contributed by atoms with Crippen molar-refractivity contribution >= 4 is 12.4 Å². The van der Waals surface area contributed by atoms with E-state index in [0.29, 0.717) is 31.6 Å². The van der Waals surface area contributed by atoms with Crippen LogP contribution in [0.3, 0.4) is 0 Å². The monoisotopic (exact) mass is 359 g/mol. The minimum Gasteiger partial charge on any atom is -0.338 e. The zero-order chi connectivity index (χ0) is 16.0. The SMILES string of the molecule is Cl.FC(F)CN1CCn2c(C(F)(F)F)ccc2C12CCNCC2. The number of fused-ring (bicyclic) bond motifs is 2. The molecule has 1 aromatic heterocycles. The smallest absolute Gasteiger partial charge is 0.338 e. The highest BCUT2D eigenvalue weighted by molar-refractivity contribution is 5.85. The normalized spacial score (nSPS) is 21.3. The molecule has 3 heterocycles. The fourth-order valence-corrected chi connectivity index (χ4v) is 3.80. The van der Waals surface area contributed by atoms with E-state index in [1.54, 1.807) is 4.90 Å². The highest BCUT2D eigenvalue weighted by Crippen LogP contribution is 2.43. The minimum atomic E-state index is -4.42. The highest BCUT2D eigenvalue weighted by Gasteiger charge is 2.47. The molecule has 0 amide bonds. The second-order valence-electron chi connectivity index (χ2n) is 5.87. The molecule has 0 bridgehead atoms. The van der Waals surface area contributed by atoms with Gasteiger partial charge in [-0.25, -0.2) is 8.78 Å². The second-order valence-corrected chi connectivity index (χ2v) is 5.87. The summed E-state index contributed by atoms with van der Waals surface area (Å²) in [5, 5.41) is 3.15. The number of piperidine rings is 1. The molecule has 1 spiro atoms. The molecule has 0 saturated carbocycles. The van der Waals surface area contributed by atoms with Crippen molar-refractivity contribution in [3.63, 3.8) is 0 Å². The van der Waals surface area contributed by atoms with Crippen LogP contribution in [0.5, 0.6) is 0 Å². The number of nitrogens with one attached hydrogen (secondary N) is 1. The molecule has 9 heteroatoms. The van der Waals surface area contributed by atoms with Crippen molar-refractivity contribution in [2.24, 2.45) is 0 Å². The van der Waals surface area contributed by atoms with Crippen LogP contribution in [0.15, 0.2) is 12.1 Å². The van der Waals surface area contributed by atoms with Crippen molar-refractivity contribution in [1.82, 2.24) is 14.8 Å². The maximum Gasteiger partial charge on any atom is 0.431 e. The van der Waals surface area contributed by atoms with Crippen molar-refractivity contribution in [2.75, 3.05) is 26.2 Å². The van der Waals surface area contributed by atoms with Crippen LogP contribution in [0.4, 0.5) is 22.0 Å². The summed E-state index contributed by atoms with van der Waals surface area (Å²) in [7, 11) is 0. The predicted molar refractivity (Wildman–Crippen MR) is 78.0 cm³/mol. The van der Waals surface area contributed by atoms with Crippen LogP contribution in [-0.2, 0) is 18.3 Å². The number of halogens is 6. The maximum atomic E-state index is 13.1. The zero-order valence-electron chi connectivity index (χ0n) is 12.4. The minimum absolute atomic E-state index is 0. The van der Waals surface area contributed by atoms with Gasteiger partial charge in [0.2, 0.25) is 0 Å². The first-order chi connectivity index (χ1) is 10.3. The Morgan fingerprint density at radius 3 is 2.35 bits per heavy atom. The molecule has 0 atom stereocenters. The fraction of sp³-hybridized carbons (Fsp3) is 0.714. The largest absolute Gasteiger partial charge is 0.431 e. The van der Waals surface area contributed by atoms with Gasteiger partial charge >= 0.3 is 6.18 Å². The first-order valence-electron chi connectivity index (χ1n) is 7.36. The molecule has 23 heavy (non-hydrogen) atoms. The van der Waals surface area contributed by atoms with E-state index in [2.05, 4.69) is 5.32 Å². The van der Waals surface area contributed by atoms with Crippen molar-refractivity contribution in [2.45, 2.75) is 37.5 Å². The Hall–Kier alpha value is -0.860. The molecule has 1 saturated heterocycles. The first-order valence-corrected chi connectivity index (χ1v) is 7.36. The molecule has 0 unspecified atom stereocenters. The lowest BCUT2D eigenvalue weighted by molar-refractivity contribution is -0.145. The van der Waals surface area contributed by atoms with Crippen LogP contribution in [-0.4, -0.2) is 42.1 Å². The number of hydrogen-bond acceptors (Lipinski definition) is 2. The third-order valence-electron chi connectivity index (χ3n) is 4.74. The molecule has 1 fully saturated rings. The van der Waals surface area contributed by atoms with Crippen molar-refractivity contribution in [1.29, 1.82) is 0 Å². The Bertz CT molecular complexity index is 537. The highest BCUT2D eigenvalue weighted by atomic mass is 35.5. The standard InChI is InChI=1S/C14H18F5N3.ClH/c15-12(16)9-21-7-8-22-10(1-2-11(22)14(17,18)19)13(21)3-5-20-6-4-13;/h1-2,12,20H,3-9H2;1H. The third kappa shape index (κ3) is 3.21. The Morgan fingerprint density at radius 1 is 1.13 bits per heavy atom. The van der Waals surface area contributed by atoms with Crippen molar-refractivity contribution < 1.29 is 22.0 Å². The van der Waals surface area contributed by atoms with Gasteiger partial charge < -0.3 is 9.88 Å². The zero-order valence-corrected chi connectivity index (χ0v) is 13.2. The third-order valence-corrected chi connectivity index (χ3v) is 4.74. The van der Waals surface area contributed by atoms with Gasteiger partial charge in [-0.3, -0.25) is 4.90 Å². The predicted octanol–water partition coefficient (Wildman–Crippen LogP) is 3.09. The Morgan fingerprint density at radius 2 is 1.78 bits per heavy atom. The van der Waals surface area contributed by atoms with Gasteiger partial charge in [0.25, 0.3) is 6.43 Å². The van der Waals surface area contributed by atoms with E-state index < -0.39 is 30.4 Å². The molecular weight excluding hydrogens is 341 g/mol. The van der Waals surface area contributed by atoms with Gasteiger partial charge in [-0.2, -0.15) is 13.2 Å². The van der Waals surface area contributed by atoms with E-state index in [9.17, 15) is 22.0 Å². The molecule has 0 radical (unpaired) electrons. The van der Waals surface area contributed by atoms with E-state index >= 15 is 0 Å². The Balaban J connectivity index is 0.00000192. The van der Waals surface area contributed by atoms with Crippen molar-refractivity contribution in [3.8, 4) is 0 Å². The maximum absolute atomic E-state index is 13.1. The summed E-state index contributed by atoms with van der Waals surface area (Å²) in [5.41, 5.74) is -0.881. The van der Waals surface area contributed by atoms with Gasteiger partial charge in [-0.05, 0) is 38.1 Å². The molecule has 1 aromatic rings. The lowest BCUT2D eigenvalue weighted by atomic mass is 9.81.